The Morgan fingerprint density at radius 3 is 2.14 bits per heavy atom. The molecule has 0 bridgehead atoms. The molecule has 15 heteroatoms. The molecule has 0 saturated carbocycles. The number of aryl methyl sites for hydroxylation is 1. The number of rotatable bonds is 17. The van der Waals surface area contributed by atoms with Crippen molar-refractivity contribution in [3.05, 3.63) is 177 Å². The van der Waals surface area contributed by atoms with Crippen molar-refractivity contribution in [1.82, 2.24) is 20.2 Å². The first-order chi connectivity index (χ1) is 31.0. The average Bonchev–Trinajstić information content (AvgIpc) is 3.75. The van der Waals surface area contributed by atoms with Crippen LogP contribution in [0.3, 0.4) is 0 Å². The minimum absolute atomic E-state index is 0.00584. The average molecular weight is 897 g/mol. The predicted octanol–water partition coefficient (Wildman–Crippen LogP) is 7.59. The summed E-state index contributed by atoms with van der Waals surface area (Å²) in [5, 5.41) is 8.54. The molecule has 7 rings (SSSR count). The van der Waals surface area contributed by atoms with Crippen LogP contribution in [0.4, 0.5) is 5.13 Å². The first-order valence-electron chi connectivity index (χ1n) is 20.8. The maximum absolute atomic E-state index is 14.5. The number of carbonyl (C=O) groups excluding carboxylic acids is 4. The number of β-lactam (4-membered cyclic amide) rings is 1. The summed E-state index contributed by atoms with van der Waals surface area (Å²) < 4.78 is 11.2. The highest BCUT2D eigenvalue weighted by Gasteiger charge is 2.54. The number of carbonyl (C=O) groups is 4. The summed E-state index contributed by atoms with van der Waals surface area (Å²) in [5.74, 6) is -2.28. The van der Waals surface area contributed by atoms with Gasteiger partial charge in [-0.1, -0.05) is 141 Å². The van der Waals surface area contributed by atoms with Crippen molar-refractivity contribution in [2.75, 3.05) is 24.7 Å². The van der Waals surface area contributed by atoms with Crippen LogP contribution in [0.25, 0.3) is 6.08 Å². The Balaban J connectivity index is 1.20. The van der Waals surface area contributed by atoms with Crippen molar-refractivity contribution in [2.24, 2.45) is 11.1 Å². The number of nitrogen functional groups attached to an aromatic ring is 1. The number of fused-ring (bicyclic) bond motifs is 1. The number of nitrogens with two attached hydrogens (primary N) is 1. The second-order valence-corrected chi connectivity index (χ2v) is 17.3. The van der Waals surface area contributed by atoms with E-state index in [0.29, 0.717) is 12.0 Å². The molecular weight excluding hydrogens is 849 g/mol. The number of aromatic nitrogens is 2. The number of hydrogen-bond acceptors (Lipinski definition) is 13. The zero-order valence-electron chi connectivity index (χ0n) is 35.8. The van der Waals surface area contributed by atoms with Gasteiger partial charge in [-0.05, 0) is 36.5 Å². The normalized spacial score (nSPS) is 16.6. The maximum atomic E-state index is 14.5. The maximum Gasteiger partial charge on any atom is 0.355 e. The van der Waals surface area contributed by atoms with Crippen molar-refractivity contribution >= 4 is 63.8 Å². The van der Waals surface area contributed by atoms with Gasteiger partial charge in [0.05, 0.1) is 12.2 Å². The fourth-order valence-electron chi connectivity index (χ4n) is 7.22. The number of nitrogens with one attached hydrogen (secondary N) is 1. The van der Waals surface area contributed by atoms with E-state index < -0.39 is 40.8 Å². The van der Waals surface area contributed by atoms with Gasteiger partial charge in [-0.3, -0.25) is 19.5 Å². The van der Waals surface area contributed by atoms with E-state index in [1.54, 1.807) is 23.7 Å². The molecule has 2 atom stereocenters. The van der Waals surface area contributed by atoms with Crippen molar-refractivity contribution in [2.45, 2.75) is 51.1 Å². The fourth-order valence-corrected chi connectivity index (χ4v) is 9.09. The number of ether oxygens (including phenoxy) is 2. The van der Waals surface area contributed by atoms with Gasteiger partial charge in [-0.25, -0.2) is 14.6 Å². The third kappa shape index (κ3) is 9.85. The highest BCUT2D eigenvalue weighted by atomic mass is 32.2. The molecule has 64 heavy (non-hydrogen) atoms. The molecule has 4 heterocycles. The van der Waals surface area contributed by atoms with Crippen LogP contribution in [0.15, 0.2) is 149 Å². The topological polar surface area (TPSA) is 175 Å². The van der Waals surface area contributed by atoms with E-state index in [1.807, 2.05) is 137 Å². The van der Waals surface area contributed by atoms with Gasteiger partial charge in [0.1, 0.15) is 29.4 Å². The van der Waals surface area contributed by atoms with E-state index >= 15 is 0 Å². The van der Waals surface area contributed by atoms with Gasteiger partial charge in [0.25, 0.3) is 11.8 Å². The lowest BCUT2D eigenvalue weighted by Crippen LogP contribution is -2.71. The molecule has 2 aromatic heterocycles. The molecule has 0 unspecified atom stereocenters. The van der Waals surface area contributed by atoms with Gasteiger partial charge in [-0.2, -0.15) is 0 Å². The molecule has 0 radical (unpaired) electrons. The highest BCUT2D eigenvalue weighted by Crippen LogP contribution is 2.43. The molecule has 2 amide bonds. The molecule has 2 aliphatic heterocycles. The molecule has 13 nitrogen and oxygen atoms in total. The number of esters is 2. The Labute approximate surface area is 380 Å². The SMILES string of the molecule is CC/C=C(\COC(=O)C1=C(/C=C\c2cccnc2C)CS[C@@H]2[C@H](NC(=O)C(=NOC(c3ccccc3)(c3ccccc3)c3ccccc3)c3csc(N)n3)C(=O)N12)C(=O)OCC(C)C. The Kier molecular flexibility index (Phi) is 14.5. The Morgan fingerprint density at radius 1 is 0.938 bits per heavy atom. The summed E-state index contributed by atoms with van der Waals surface area (Å²) in [7, 11) is 0. The van der Waals surface area contributed by atoms with Crippen LogP contribution in [0, 0.1) is 12.8 Å². The molecule has 1 fully saturated rings. The molecule has 3 aromatic carbocycles. The van der Waals surface area contributed by atoms with Crippen molar-refractivity contribution < 1.29 is 33.5 Å². The van der Waals surface area contributed by atoms with E-state index in [9.17, 15) is 19.2 Å². The second-order valence-electron chi connectivity index (χ2n) is 15.3. The van der Waals surface area contributed by atoms with Crippen LogP contribution in [0.1, 0.15) is 60.8 Å². The van der Waals surface area contributed by atoms with Crippen LogP contribution in [0.2, 0.25) is 0 Å². The van der Waals surface area contributed by atoms with Gasteiger partial charge in [0.2, 0.25) is 5.60 Å². The summed E-state index contributed by atoms with van der Waals surface area (Å²) in [4.78, 5) is 72.6. The molecule has 2 aliphatic rings. The van der Waals surface area contributed by atoms with Gasteiger partial charge in [0.15, 0.2) is 10.8 Å². The van der Waals surface area contributed by atoms with E-state index in [4.69, 9.17) is 20.0 Å². The van der Waals surface area contributed by atoms with Crippen molar-refractivity contribution in [3.8, 4) is 0 Å². The lowest BCUT2D eigenvalue weighted by molar-refractivity contribution is -0.152. The van der Waals surface area contributed by atoms with E-state index in [-0.39, 0.29) is 52.7 Å². The summed E-state index contributed by atoms with van der Waals surface area (Å²) in [5.41, 5.74) is 9.24. The van der Waals surface area contributed by atoms with Crippen LogP contribution in [0.5, 0.6) is 0 Å². The molecule has 0 aliphatic carbocycles. The summed E-state index contributed by atoms with van der Waals surface area (Å²) in [6.07, 6.45) is 7.43. The number of benzene rings is 3. The van der Waals surface area contributed by atoms with Crippen LogP contribution in [-0.4, -0.2) is 74.7 Å². The summed E-state index contributed by atoms with van der Waals surface area (Å²) in [6.45, 7) is 7.42. The van der Waals surface area contributed by atoms with E-state index in [1.165, 1.54) is 16.7 Å². The number of hydrogen-bond donors (Lipinski definition) is 2. The number of pyridine rings is 1. The largest absolute Gasteiger partial charge is 0.462 e. The third-order valence-electron chi connectivity index (χ3n) is 10.4. The fraction of sp³-hybridized carbons (Fsp3) is 0.245. The number of thioether (sulfide) groups is 1. The zero-order valence-corrected chi connectivity index (χ0v) is 37.4. The molecule has 328 valence electrons. The zero-order chi connectivity index (χ0) is 45.2. The minimum atomic E-state index is -1.32. The molecule has 1 saturated heterocycles. The first-order valence-corrected chi connectivity index (χ1v) is 22.7. The minimum Gasteiger partial charge on any atom is -0.462 e. The Hall–Kier alpha value is -6.84. The van der Waals surface area contributed by atoms with Gasteiger partial charge < -0.3 is 25.4 Å². The standard InChI is InChI=1S/C49H48N6O7S2/c1-5-16-34(46(58)60-27-31(2)3)28-61-47(59)42-35(25-24-33-17-15-26-51-32(33)4)29-63-45-41(44(57)55(42)45)53-43(56)40(39-30-64-48(50)52-39)54-62-49(36-18-9-6-10-19-36,37-20-11-7-12-21-37)38-22-13-8-14-23-38/h6-26,30-31,41,45H,5,27-29H2,1-4H3,(H2,50,52)(H,53,56)/b25-24-,34-16+,54-40?/t41-,45-/m1/s1. The smallest absolute Gasteiger partial charge is 0.355 e. The summed E-state index contributed by atoms with van der Waals surface area (Å²) in [6, 6.07) is 31.3. The van der Waals surface area contributed by atoms with E-state index in [0.717, 1.165) is 39.3 Å². The van der Waals surface area contributed by atoms with Crippen LogP contribution in [-0.2, 0) is 39.1 Å². The molecular formula is C49H48N6O7S2. The first kappa shape index (κ1) is 45.2. The Morgan fingerprint density at radius 2 is 1.58 bits per heavy atom. The van der Waals surface area contributed by atoms with Gasteiger partial charge in [0, 0.05) is 39.7 Å². The number of amides is 2. The number of thiazole rings is 1. The van der Waals surface area contributed by atoms with Gasteiger partial charge in [-0.15, -0.1) is 23.1 Å². The predicted molar refractivity (Wildman–Crippen MR) is 249 cm³/mol. The van der Waals surface area contributed by atoms with Crippen molar-refractivity contribution in [1.29, 1.82) is 0 Å². The molecule has 0 spiro atoms. The molecule has 5 aromatic rings. The highest BCUT2D eigenvalue weighted by molar-refractivity contribution is 8.00. The monoisotopic (exact) mass is 896 g/mol. The second kappa shape index (κ2) is 20.6. The summed E-state index contributed by atoms with van der Waals surface area (Å²) >= 11 is 2.49. The number of oxime groups is 1. The lowest BCUT2D eigenvalue weighted by atomic mass is 9.80. The third-order valence-corrected chi connectivity index (χ3v) is 12.4. The van der Waals surface area contributed by atoms with E-state index in [2.05, 4.69) is 20.4 Å². The quantitative estimate of drug-likeness (QED) is 0.0235. The Bertz CT molecular complexity index is 2510. The van der Waals surface area contributed by atoms with Crippen LogP contribution < -0.4 is 11.1 Å². The molecule has 3 N–H and O–H groups in total. The number of anilines is 1. The van der Waals surface area contributed by atoms with Crippen molar-refractivity contribution in [3.63, 3.8) is 0 Å². The lowest BCUT2D eigenvalue weighted by Gasteiger charge is -2.49. The number of allylic oxidation sites excluding steroid dienone is 2. The van der Waals surface area contributed by atoms with Gasteiger partial charge >= 0.3 is 11.9 Å². The number of nitrogens with zero attached hydrogens (tertiary/aromatic N) is 4. The van der Waals surface area contributed by atoms with Crippen LogP contribution >= 0.6 is 23.1 Å².